The summed E-state index contributed by atoms with van der Waals surface area (Å²) in [4.78, 5) is 33.1. The summed E-state index contributed by atoms with van der Waals surface area (Å²) in [7, 11) is 1.68. The second-order valence-corrected chi connectivity index (χ2v) is 7.00. The lowest BCUT2D eigenvalue weighted by molar-refractivity contribution is -0.120. The molecule has 0 spiro atoms. The number of carbonyl (C=O) groups is 1. The summed E-state index contributed by atoms with van der Waals surface area (Å²) in [5.41, 5.74) is 1.50. The van der Waals surface area contributed by atoms with Crippen LogP contribution in [0, 0.1) is 6.92 Å². The van der Waals surface area contributed by atoms with Crippen molar-refractivity contribution < 1.29 is 4.79 Å². The van der Waals surface area contributed by atoms with Crippen molar-refractivity contribution >= 4 is 17.7 Å². The number of aromatic nitrogens is 3. The summed E-state index contributed by atoms with van der Waals surface area (Å²) < 4.78 is 1.49. The van der Waals surface area contributed by atoms with E-state index in [0.717, 1.165) is 18.5 Å². The van der Waals surface area contributed by atoms with Crippen molar-refractivity contribution in [1.82, 2.24) is 19.9 Å². The summed E-state index contributed by atoms with van der Waals surface area (Å²) in [6.07, 6.45) is 4.04. The van der Waals surface area contributed by atoms with Gasteiger partial charge < -0.3 is 5.32 Å². The van der Waals surface area contributed by atoms with Gasteiger partial charge in [0.1, 0.15) is 0 Å². The fourth-order valence-corrected chi connectivity index (χ4v) is 3.58. The largest absolute Gasteiger partial charge is 0.355 e. The molecule has 1 N–H and O–H groups in total. The summed E-state index contributed by atoms with van der Waals surface area (Å²) in [6.45, 7) is 4.36. The fraction of sp³-hybridized carbons (Fsp3) is 0.444. The van der Waals surface area contributed by atoms with Gasteiger partial charge in [-0.3, -0.25) is 19.1 Å². The first kappa shape index (κ1) is 19.2. The number of amides is 1. The number of rotatable bonds is 8. The summed E-state index contributed by atoms with van der Waals surface area (Å²) in [5, 5.41) is 3.27. The first-order chi connectivity index (χ1) is 12.0. The van der Waals surface area contributed by atoms with Crippen LogP contribution in [0.4, 0.5) is 0 Å². The van der Waals surface area contributed by atoms with E-state index in [1.807, 2.05) is 25.1 Å². The Labute approximate surface area is 152 Å². The highest BCUT2D eigenvalue weighted by molar-refractivity contribution is 8.00. The summed E-state index contributed by atoms with van der Waals surface area (Å²) in [5.74, 6) is -0.0291. The third-order valence-electron chi connectivity index (χ3n) is 3.72. The molecule has 0 aromatic carbocycles. The minimum atomic E-state index is -0.270. The second-order valence-electron chi connectivity index (χ2n) is 5.83. The van der Waals surface area contributed by atoms with Crippen molar-refractivity contribution in [3.63, 3.8) is 0 Å². The molecule has 1 atom stereocenters. The summed E-state index contributed by atoms with van der Waals surface area (Å²) >= 11 is 1.35. The molecule has 0 saturated carbocycles. The lowest BCUT2D eigenvalue weighted by Gasteiger charge is -2.17. The van der Waals surface area contributed by atoms with E-state index in [-0.39, 0.29) is 16.7 Å². The molecular formula is C18H24N4O2S. The standard InChI is InChI=1S/C18H24N4O2S/c1-4-7-15(25-18-21-13(2)12-16(23)22(18)3)17(24)20-11-9-14-8-5-6-10-19-14/h5-6,8,10,12,15H,4,7,9,11H2,1-3H3,(H,20,24). The molecule has 1 amide bonds. The van der Waals surface area contributed by atoms with Crippen LogP contribution in [-0.4, -0.2) is 32.2 Å². The zero-order chi connectivity index (χ0) is 18.2. The molecule has 134 valence electrons. The third kappa shape index (κ3) is 5.70. The number of thioether (sulfide) groups is 1. The highest BCUT2D eigenvalue weighted by atomic mass is 32.2. The van der Waals surface area contributed by atoms with E-state index in [1.165, 1.54) is 22.4 Å². The maximum Gasteiger partial charge on any atom is 0.254 e. The molecule has 0 radical (unpaired) electrons. The highest BCUT2D eigenvalue weighted by Gasteiger charge is 2.21. The molecule has 0 aliphatic carbocycles. The van der Waals surface area contributed by atoms with Gasteiger partial charge in [-0.2, -0.15) is 0 Å². The highest BCUT2D eigenvalue weighted by Crippen LogP contribution is 2.24. The van der Waals surface area contributed by atoms with Gasteiger partial charge in [-0.25, -0.2) is 4.98 Å². The number of aryl methyl sites for hydroxylation is 1. The number of nitrogens with zero attached hydrogens (tertiary/aromatic N) is 3. The molecule has 2 heterocycles. The van der Waals surface area contributed by atoms with Gasteiger partial charge in [0, 0.05) is 43.7 Å². The summed E-state index contributed by atoms with van der Waals surface area (Å²) in [6, 6.07) is 7.24. The Morgan fingerprint density at radius 1 is 1.40 bits per heavy atom. The van der Waals surface area contributed by atoms with E-state index >= 15 is 0 Å². The van der Waals surface area contributed by atoms with Gasteiger partial charge in [-0.1, -0.05) is 31.2 Å². The van der Waals surface area contributed by atoms with E-state index in [2.05, 4.69) is 15.3 Å². The van der Waals surface area contributed by atoms with Crippen molar-refractivity contribution in [2.45, 2.75) is 43.5 Å². The number of nitrogens with one attached hydrogen (secondary N) is 1. The van der Waals surface area contributed by atoms with Crippen LogP contribution in [0.3, 0.4) is 0 Å². The number of pyridine rings is 1. The lowest BCUT2D eigenvalue weighted by atomic mass is 10.2. The minimum Gasteiger partial charge on any atom is -0.355 e. The monoisotopic (exact) mass is 360 g/mol. The molecule has 0 fully saturated rings. The SMILES string of the molecule is CCCC(Sc1nc(C)cc(=O)n1C)C(=O)NCCc1ccccn1. The normalized spacial score (nSPS) is 12.0. The van der Waals surface area contributed by atoms with Crippen molar-refractivity contribution in [3.05, 3.63) is 52.2 Å². The van der Waals surface area contributed by atoms with Crippen molar-refractivity contribution in [1.29, 1.82) is 0 Å². The fourth-order valence-electron chi connectivity index (χ4n) is 2.34. The van der Waals surface area contributed by atoms with E-state index in [9.17, 15) is 9.59 Å². The molecule has 0 aliphatic heterocycles. The van der Waals surface area contributed by atoms with Gasteiger partial charge in [0.25, 0.3) is 5.56 Å². The molecule has 6 nitrogen and oxygen atoms in total. The maximum absolute atomic E-state index is 12.5. The Morgan fingerprint density at radius 2 is 2.20 bits per heavy atom. The average molecular weight is 360 g/mol. The van der Waals surface area contributed by atoms with Crippen molar-refractivity contribution in [3.8, 4) is 0 Å². The molecule has 2 aromatic rings. The van der Waals surface area contributed by atoms with Crippen LogP contribution in [-0.2, 0) is 18.3 Å². The maximum atomic E-state index is 12.5. The average Bonchev–Trinajstić information content (AvgIpc) is 2.59. The Bertz CT molecular complexity index is 761. The van der Waals surface area contributed by atoms with Crippen molar-refractivity contribution in [2.75, 3.05) is 6.54 Å². The quantitative estimate of drug-likeness (QED) is 0.576. The van der Waals surface area contributed by atoms with Gasteiger partial charge in [-0.05, 0) is 25.5 Å². The van der Waals surface area contributed by atoms with Crippen molar-refractivity contribution in [2.24, 2.45) is 7.05 Å². The second kappa shape index (κ2) is 9.36. The predicted molar refractivity (Wildman–Crippen MR) is 99.7 cm³/mol. The van der Waals surface area contributed by atoms with Crippen LogP contribution in [0.15, 0.2) is 40.4 Å². The Balaban J connectivity index is 1.99. The van der Waals surface area contributed by atoms with E-state index < -0.39 is 0 Å². The van der Waals surface area contributed by atoms with Crippen LogP contribution >= 0.6 is 11.8 Å². The van der Waals surface area contributed by atoms with Crippen LogP contribution in [0.25, 0.3) is 0 Å². The van der Waals surface area contributed by atoms with E-state index in [1.54, 1.807) is 20.2 Å². The predicted octanol–water partition coefficient (Wildman–Crippen LogP) is 2.10. The lowest BCUT2D eigenvalue weighted by Crippen LogP contribution is -2.34. The molecular weight excluding hydrogens is 336 g/mol. The molecule has 2 rings (SSSR count). The van der Waals surface area contributed by atoms with E-state index in [0.29, 0.717) is 23.8 Å². The molecule has 25 heavy (non-hydrogen) atoms. The van der Waals surface area contributed by atoms with Gasteiger partial charge >= 0.3 is 0 Å². The molecule has 2 aromatic heterocycles. The first-order valence-corrected chi connectivity index (χ1v) is 9.28. The minimum absolute atomic E-state index is 0.0291. The Hall–Kier alpha value is -2.15. The topological polar surface area (TPSA) is 76.9 Å². The zero-order valence-electron chi connectivity index (χ0n) is 14.9. The molecule has 7 heteroatoms. The zero-order valence-corrected chi connectivity index (χ0v) is 15.7. The van der Waals surface area contributed by atoms with Crippen LogP contribution in [0.2, 0.25) is 0 Å². The van der Waals surface area contributed by atoms with Crippen LogP contribution in [0.5, 0.6) is 0 Å². The number of hydrogen-bond donors (Lipinski definition) is 1. The van der Waals surface area contributed by atoms with Gasteiger partial charge in [0.15, 0.2) is 5.16 Å². The van der Waals surface area contributed by atoms with Gasteiger partial charge in [0.05, 0.1) is 5.25 Å². The first-order valence-electron chi connectivity index (χ1n) is 8.40. The molecule has 1 unspecified atom stereocenters. The van der Waals surface area contributed by atoms with Crippen LogP contribution in [0.1, 0.15) is 31.2 Å². The Kier molecular flexibility index (Phi) is 7.18. The van der Waals surface area contributed by atoms with Crippen LogP contribution < -0.4 is 10.9 Å². The molecule has 0 aliphatic rings. The van der Waals surface area contributed by atoms with Gasteiger partial charge in [0.2, 0.25) is 5.91 Å². The molecule has 0 saturated heterocycles. The molecule has 0 bridgehead atoms. The Morgan fingerprint density at radius 3 is 2.88 bits per heavy atom. The van der Waals surface area contributed by atoms with E-state index in [4.69, 9.17) is 0 Å². The number of hydrogen-bond acceptors (Lipinski definition) is 5. The third-order valence-corrected chi connectivity index (χ3v) is 5.03. The van der Waals surface area contributed by atoms with Gasteiger partial charge in [-0.15, -0.1) is 0 Å². The number of carbonyl (C=O) groups excluding carboxylic acids is 1. The smallest absolute Gasteiger partial charge is 0.254 e.